The van der Waals surface area contributed by atoms with E-state index in [2.05, 4.69) is 37.9 Å². The van der Waals surface area contributed by atoms with Gasteiger partial charge in [0, 0.05) is 17.0 Å². The number of allylic oxidation sites excluding steroid dienone is 1. The van der Waals surface area contributed by atoms with E-state index >= 15 is 0 Å². The maximum absolute atomic E-state index is 15.0. The maximum Gasteiger partial charge on any atom is 0.328 e. The average molecular weight is 451 g/mol. The van der Waals surface area contributed by atoms with Gasteiger partial charge in [-0.2, -0.15) is 5.10 Å². The third-order valence-corrected chi connectivity index (χ3v) is 6.18. The summed E-state index contributed by atoms with van der Waals surface area (Å²) in [4.78, 5) is 10.8. The highest BCUT2D eigenvalue weighted by Crippen LogP contribution is 2.51. The van der Waals surface area contributed by atoms with Crippen molar-refractivity contribution in [3.63, 3.8) is 0 Å². The minimum atomic E-state index is -1.26. The number of carboxylic acid groups (broad SMARTS) is 1. The van der Waals surface area contributed by atoms with Gasteiger partial charge in [0.15, 0.2) is 0 Å². The molecular formula is C27H28F2N2O2. The Morgan fingerprint density at radius 1 is 1.03 bits per heavy atom. The SMILES string of the molecule is CC1(C)CC(=C(c2cc(F)c(/C=C/C(=O)O)c(F)c2)c2ccc3[nH]ncc3c2)CC(C)(C)C1. The van der Waals surface area contributed by atoms with Gasteiger partial charge in [0.1, 0.15) is 11.6 Å². The van der Waals surface area contributed by atoms with E-state index in [1.54, 1.807) is 6.20 Å². The van der Waals surface area contributed by atoms with Gasteiger partial charge in [-0.1, -0.05) is 39.3 Å². The first kappa shape index (κ1) is 22.9. The van der Waals surface area contributed by atoms with Gasteiger partial charge in [0.2, 0.25) is 0 Å². The predicted molar refractivity (Wildman–Crippen MR) is 127 cm³/mol. The monoisotopic (exact) mass is 450 g/mol. The van der Waals surface area contributed by atoms with Crippen LogP contribution in [0.4, 0.5) is 8.78 Å². The molecule has 0 bridgehead atoms. The standard InChI is InChI=1S/C27H28F2N2O2/c1-26(2)12-19(13-27(3,4)15-26)25(16-5-7-23-18(9-16)14-30-31-23)17-10-21(28)20(22(29)11-17)6-8-24(32)33/h5-11,14H,12-13,15H2,1-4H3,(H,30,31)(H,32,33)/b8-6+. The lowest BCUT2D eigenvalue weighted by molar-refractivity contribution is -0.131. The van der Waals surface area contributed by atoms with Gasteiger partial charge in [-0.3, -0.25) is 5.10 Å². The number of benzene rings is 2. The molecule has 1 aromatic heterocycles. The number of rotatable bonds is 4. The number of fused-ring (bicyclic) bond motifs is 1. The van der Waals surface area contributed by atoms with E-state index in [9.17, 15) is 13.6 Å². The van der Waals surface area contributed by atoms with Gasteiger partial charge in [-0.25, -0.2) is 13.6 Å². The molecule has 3 aromatic rings. The number of aromatic amines is 1. The van der Waals surface area contributed by atoms with Gasteiger partial charge in [-0.05, 0) is 77.1 Å². The second kappa shape index (κ2) is 8.25. The van der Waals surface area contributed by atoms with Crippen molar-refractivity contribution in [1.29, 1.82) is 0 Å². The fourth-order valence-corrected chi connectivity index (χ4v) is 5.53. The molecule has 6 heteroatoms. The van der Waals surface area contributed by atoms with Crippen molar-refractivity contribution < 1.29 is 18.7 Å². The fraction of sp³-hybridized carbons (Fsp3) is 0.333. The topological polar surface area (TPSA) is 66.0 Å². The van der Waals surface area contributed by atoms with Crippen LogP contribution in [0, 0.1) is 22.5 Å². The maximum atomic E-state index is 15.0. The molecule has 33 heavy (non-hydrogen) atoms. The molecular weight excluding hydrogens is 422 g/mol. The van der Waals surface area contributed by atoms with Crippen LogP contribution in [0.2, 0.25) is 0 Å². The third-order valence-electron chi connectivity index (χ3n) is 6.18. The number of aromatic nitrogens is 2. The second-order valence-electron chi connectivity index (χ2n) is 10.5. The summed E-state index contributed by atoms with van der Waals surface area (Å²) in [5.74, 6) is -2.85. The average Bonchev–Trinajstić information content (AvgIpc) is 3.13. The summed E-state index contributed by atoms with van der Waals surface area (Å²) in [5.41, 5.74) is 3.92. The molecule has 0 saturated heterocycles. The minimum absolute atomic E-state index is 0.0450. The van der Waals surface area contributed by atoms with Gasteiger partial charge >= 0.3 is 5.97 Å². The number of hydrogen-bond donors (Lipinski definition) is 2. The predicted octanol–water partition coefficient (Wildman–Crippen LogP) is 6.98. The van der Waals surface area contributed by atoms with Crippen molar-refractivity contribution in [1.82, 2.24) is 10.2 Å². The third kappa shape index (κ3) is 4.90. The quantitative estimate of drug-likeness (QED) is 0.422. The Labute approximate surface area is 192 Å². The highest BCUT2D eigenvalue weighted by molar-refractivity contribution is 5.89. The van der Waals surface area contributed by atoms with Crippen molar-refractivity contribution in [2.45, 2.75) is 47.0 Å². The molecule has 0 atom stereocenters. The first-order valence-electron chi connectivity index (χ1n) is 11.0. The van der Waals surface area contributed by atoms with Gasteiger partial charge in [-0.15, -0.1) is 0 Å². The lowest BCUT2D eigenvalue weighted by Crippen LogP contribution is -2.30. The van der Waals surface area contributed by atoms with E-state index in [0.717, 1.165) is 59.0 Å². The number of carbonyl (C=O) groups is 1. The van der Waals surface area contributed by atoms with Crippen molar-refractivity contribution in [3.8, 4) is 0 Å². The number of halogens is 2. The molecule has 0 spiro atoms. The summed E-state index contributed by atoms with van der Waals surface area (Å²) >= 11 is 0. The normalized spacial score (nSPS) is 17.6. The Bertz CT molecular complexity index is 1260. The Morgan fingerprint density at radius 3 is 2.27 bits per heavy atom. The summed E-state index contributed by atoms with van der Waals surface area (Å²) in [6.45, 7) is 8.91. The molecule has 2 aromatic carbocycles. The summed E-state index contributed by atoms with van der Waals surface area (Å²) < 4.78 is 30.0. The molecule has 1 aliphatic carbocycles. The zero-order valence-corrected chi connectivity index (χ0v) is 19.3. The molecule has 1 saturated carbocycles. The van der Waals surface area contributed by atoms with Gasteiger partial charge < -0.3 is 5.11 Å². The molecule has 0 unspecified atom stereocenters. The Kier molecular flexibility index (Phi) is 5.72. The summed E-state index contributed by atoms with van der Waals surface area (Å²) in [7, 11) is 0. The van der Waals surface area contributed by atoms with E-state index in [0.29, 0.717) is 5.56 Å². The summed E-state index contributed by atoms with van der Waals surface area (Å²) in [6, 6.07) is 8.48. The van der Waals surface area contributed by atoms with Crippen LogP contribution in [-0.4, -0.2) is 21.3 Å². The van der Waals surface area contributed by atoms with E-state index in [4.69, 9.17) is 5.11 Å². The Morgan fingerprint density at radius 2 is 1.67 bits per heavy atom. The van der Waals surface area contributed by atoms with Crippen molar-refractivity contribution >= 4 is 28.5 Å². The molecule has 172 valence electrons. The lowest BCUT2D eigenvalue weighted by Gasteiger charge is -2.43. The van der Waals surface area contributed by atoms with E-state index < -0.39 is 17.6 Å². The number of hydrogen-bond acceptors (Lipinski definition) is 2. The van der Waals surface area contributed by atoms with Crippen LogP contribution in [-0.2, 0) is 4.79 Å². The Hall–Kier alpha value is -3.28. The van der Waals surface area contributed by atoms with E-state index in [1.807, 2.05) is 18.2 Å². The molecule has 2 N–H and O–H groups in total. The number of carboxylic acids is 1. The zero-order chi connectivity index (χ0) is 24.0. The number of nitrogens with zero attached hydrogens (tertiary/aromatic N) is 1. The van der Waals surface area contributed by atoms with Gasteiger partial charge in [0.05, 0.1) is 11.7 Å². The fourth-order valence-electron chi connectivity index (χ4n) is 5.53. The molecule has 4 nitrogen and oxygen atoms in total. The molecule has 0 amide bonds. The first-order chi connectivity index (χ1) is 15.4. The van der Waals surface area contributed by atoms with Crippen LogP contribution in [0.5, 0.6) is 0 Å². The Balaban J connectivity index is 1.95. The smallest absolute Gasteiger partial charge is 0.328 e. The molecule has 0 radical (unpaired) electrons. The second-order valence-corrected chi connectivity index (χ2v) is 10.5. The number of aliphatic carboxylic acids is 1. The summed E-state index contributed by atoms with van der Waals surface area (Å²) in [6.07, 6.45) is 6.11. The number of H-pyrrole nitrogens is 1. The van der Waals surface area contributed by atoms with Crippen LogP contribution >= 0.6 is 0 Å². The van der Waals surface area contributed by atoms with Crippen molar-refractivity contribution in [2.24, 2.45) is 10.8 Å². The molecule has 4 rings (SSSR count). The number of nitrogens with one attached hydrogen (secondary N) is 1. The summed E-state index contributed by atoms with van der Waals surface area (Å²) in [5, 5.41) is 16.8. The van der Waals surface area contributed by atoms with Crippen molar-refractivity contribution in [2.75, 3.05) is 0 Å². The largest absolute Gasteiger partial charge is 0.478 e. The highest BCUT2D eigenvalue weighted by Gasteiger charge is 2.37. The molecule has 1 fully saturated rings. The highest BCUT2D eigenvalue weighted by atomic mass is 19.1. The first-order valence-corrected chi connectivity index (χ1v) is 11.0. The van der Waals surface area contributed by atoms with Crippen LogP contribution in [0.15, 0.2) is 48.2 Å². The van der Waals surface area contributed by atoms with Gasteiger partial charge in [0.25, 0.3) is 0 Å². The van der Waals surface area contributed by atoms with Crippen LogP contribution in [0.3, 0.4) is 0 Å². The molecule has 1 heterocycles. The van der Waals surface area contributed by atoms with Crippen LogP contribution in [0.1, 0.15) is 63.6 Å². The van der Waals surface area contributed by atoms with Crippen LogP contribution in [0.25, 0.3) is 22.6 Å². The minimum Gasteiger partial charge on any atom is -0.478 e. The lowest BCUT2D eigenvalue weighted by atomic mass is 9.62. The van der Waals surface area contributed by atoms with Crippen molar-refractivity contribution in [3.05, 3.63) is 76.5 Å². The zero-order valence-electron chi connectivity index (χ0n) is 19.3. The molecule has 1 aliphatic rings. The molecule has 0 aliphatic heterocycles. The van der Waals surface area contributed by atoms with Crippen LogP contribution < -0.4 is 0 Å². The van der Waals surface area contributed by atoms with E-state index in [-0.39, 0.29) is 16.4 Å². The van der Waals surface area contributed by atoms with E-state index in [1.165, 1.54) is 12.1 Å².